The fourth-order valence-corrected chi connectivity index (χ4v) is 4.98. The van der Waals surface area contributed by atoms with E-state index < -0.39 is 6.04 Å². The maximum atomic E-state index is 13.9. The van der Waals surface area contributed by atoms with Crippen LogP contribution in [0.1, 0.15) is 67.7 Å². The smallest absolute Gasteiger partial charge is 0.248 e. The summed E-state index contributed by atoms with van der Waals surface area (Å²) in [5, 5.41) is 15.8. The van der Waals surface area contributed by atoms with Crippen molar-refractivity contribution in [3.05, 3.63) is 83.6 Å². The second-order valence-electron chi connectivity index (χ2n) is 10.2. The Hall–Kier alpha value is -4.20. The highest BCUT2D eigenvalue weighted by molar-refractivity contribution is 6.02. The molecular formula is C31H36N4O4. The monoisotopic (exact) mass is 528 g/mol. The molecule has 1 aliphatic rings. The molecule has 0 saturated heterocycles. The van der Waals surface area contributed by atoms with Crippen molar-refractivity contribution < 1.29 is 19.5 Å². The van der Waals surface area contributed by atoms with E-state index in [2.05, 4.69) is 15.6 Å². The Morgan fingerprint density at radius 1 is 1.00 bits per heavy atom. The molecule has 8 nitrogen and oxygen atoms in total. The van der Waals surface area contributed by atoms with Gasteiger partial charge in [0.25, 0.3) is 0 Å². The number of aryl methyl sites for hydroxylation is 2. The van der Waals surface area contributed by atoms with E-state index in [1.165, 1.54) is 12.1 Å². The number of carbonyl (C=O) groups is 3. The maximum absolute atomic E-state index is 13.9. The van der Waals surface area contributed by atoms with Crippen LogP contribution in [0.3, 0.4) is 0 Å². The molecule has 0 aliphatic heterocycles. The molecule has 0 radical (unpaired) electrons. The fraction of sp³-hybridized carbons (Fsp3) is 0.355. The van der Waals surface area contributed by atoms with Gasteiger partial charge in [0.05, 0.1) is 0 Å². The summed E-state index contributed by atoms with van der Waals surface area (Å²) in [6.45, 7) is 3.86. The molecule has 8 heteroatoms. The number of pyridine rings is 1. The number of rotatable bonds is 10. The number of phenols is 1. The van der Waals surface area contributed by atoms with Crippen molar-refractivity contribution in [1.29, 1.82) is 0 Å². The van der Waals surface area contributed by atoms with E-state index in [0.29, 0.717) is 23.5 Å². The first-order valence-electron chi connectivity index (χ1n) is 13.5. The Bertz CT molecular complexity index is 1290. The van der Waals surface area contributed by atoms with Gasteiger partial charge in [-0.05, 0) is 80.1 Å². The zero-order valence-corrected chi connectivity index (χ0v) is 22.5. The molecule has 1 aliphatic carbocycles. The van der Waals surface area contributed by atoms with Crippen molar-refractivity contribution in [3.63, 3.8) is 0 Å². The molecular weight excluding hydrogens is 492 g/mol. The average molecular weight is 529 g/mol. The van der Waals surface area contributed by atoms with Crippen LogP contribution in [0.25, 0.3) is 0 Å². The first-order chi connectivity index (χ1) is 18.8. The van der Waals surface area contributed by atoms with Crippen LogP contribution < -0.4 is 15.5 Å². The summed E-state index contributed by atoms with van der Waals surface area (Å²) in [5.41, 5.74) is 3.08. The number of hydrogen-bond acceptors (Lipinski definition) is 5. The molecule has 1 heterocycles. The Morgan fingerprint density at radius 2 is 1.74 bits per heavy atom. The van der Waals surface area contributed by atoms with Crippen LogP contribution in [0.4, 0.5) is 11.5 Å². The van der Waals surface area contributed by atoms with Gasteiger partial charge in [0, 0.05) is 30.8 Å². The van der Waals surface area contributed by atoms with Crippen molar-refractivity contribution in [1.82, 2.24) is 10.3 Å². The third-order valence-corrected chi connectivity index (χ3v) is 7.04. The van der Waals surface area contributed by atoms with Crippen molar-refractivity contribution in [2.24, 2.45) is 0 Å². The minimum atomic E-state index is -0.929. The number of anilines is 2. The van der Waals surface area contributed by atoms with Gasteiger partial charge in [0.15, 0.2) is 0 Å². The molecule has 1 aromatic heterocycles. The summed E-state index contributed by atoms with van der Waals surface area (Å²) in [4.78, 5) is 45.9. The molecule has 4 rings (SSSR count). The Balaban J connectivity index is 1.61. The van der Waals surface area contributed by atoms with Crippen molar-refractivity contribution >= 4 is 29.2 Å². The average Bonchev–Trinajstić information content (AvgIpc) is 3.43. The molecule has 1 fully saturated rings. The second-order valence-corrected chi connectivity index (χ2v) is 10.2. The normalized spacial score (nSPS) is 14.0. The number of aromatic hydroxyl groups is 1. The molecule has 0 spiro atoms. The summed E-state index contributed by atoms with van der Waals surface area (Å²) in [6.07, 6.45) is 6.08. The summed E-state index contributed by atoms with van der Waals surface area (Å²) < 4.78 is 0. The largest absolute Gasteiger partial charge is 0.508 e. The maximum Gasteiger partial charge on any atom is 0.248 e. The number of nitrogens with zero attached hydrogens (tertiary/aromatic N) is 2. The minimum Gasteiger partial charge on any atom is -0.508 e. The van der Waals surface area contributed by atoms with Gasteiger partial charge in [0.2, 0.25) is 17.7 Å². The number of amides is 3. The van der Waals surface area contributed by atoms with Gasteiger partial charge in [-0.2, -0.15) is 0 Å². The van der Waals surface area contributed by atoms with E-state index in [-0.39, 0.29) is 42.4 Å². The molecule has 39 heavy (non-hydrogen) atoms. The molecule has 204 valence electrons. The van der Waals surface area contributed by atoms with Gasteiger partial charge in [-0.1, -0.05) is 43.2 Å². The minimum absolute atomic E-state index is 0.0722. The van der Waals surface area contributed by atoms with E-state index in [0.717, 1.165) is 36.8 Å². The number of nitrogens with one attached hydrogen (secondary N) is 2. The highest BCUT2D eigenvalue weighted by Crippen LogP contribution is 2.33. The predicted molar refractivity (Wildman–Crippen MR) is 151 cm³/mol. The van der Waals surface area contributed by atoms with Crippen LogP contribution in [0.5, 0.6) is 5.75 Å². The van der Waals surface area contributed by atoms with E-state index in [9.17, 15) is 19.5 Å². The fourth-order valence-electron chi connectivity index (χ4n) is 4.98. The second kappa shape index (κ2) is 13.0. The molecule has 3 amide bonds. The molecule has 3 N–H and O–H groups in total. The highest BCUT2D eigenvalue weighted by atomic mass is 16.3. The third-order valence-electron chi connectivity index (χ3n) is 7.04. The topological polar surface area (TPSA) is 112 Å². The Morgan fingerprint density at radius 3 is 2.44 bits per heavy atom. The highest BCUT2D eigenvalue weighted by Gasteiger charge is 2.35. The van der Waals surface area contributed by atoms with Gasteiger partial charge in [-0.3, -0.25) is 19.3 Å². The van der Waals surface area contributed by atoms with Crippen LogP contribution in [-0.2, 0) is 14.4 Å². The molecule has 1 atom stereocenters. The van der Waals surface area contributed by atoms with Crippen LogP contribution in [0.2, 0.25) is 0 Å². The third kappa shape index (κ3) is 7.44. The molecule has 2 aromatic carbocycles. The van der Waals surface area contributed by atoms with E-state index in [4.69, 9.17) is 0 Å². The lowest BCUT2D eigenvalue weighted by Crippen LogP contribution is -2.46. The first kappa shape index (κ1) is 27.8. The van der Waals surface area contributed by atoms with Gasteiger partial charge in [-0.15, -0.1) is 0 Å². The van der Waals surface area contributed by atoms with E-state index in [1.807, 2.05) is 32.0 Å². The van der Waals surface area contributed by atoms with E-state index in [1.54, 1.807) is 41.4 Å². The lowest BCUT2D eigenvalue weighted by atomic mass is 9.99. The van der Waals surface area contributed by atoms with Gasteiger partial charge in [-0.25, -0.2) is 4.98 Å². The molecule has 1 saturated carbocycles. The number of hydrogen-bond donors (Lipinski definition) is 3. The molecule has 0 bridgehead atoms. The van der Waals surface area contributed by atoms with E-state index >= 15 is 0 Å². The van der Waals surface area contributed by atoms with Gasteiger partial charge in [0.1, 0.15) is 17.6 Å². The lowest BCUT2D eigenvalue weighted by molar-refractivity contribution is -0.127. The van der Waals surface area contributed by atoms with Crippen molar-refractivity contribution in [2.45, 2.75) is 70.9 Å². The van der Waals surface area contributed by atoms with Crippen LogP contribution in [-0.4, -0.2) is 33.9 Å². The molecule has 1 unspecified atom stereocenters. The number of benzene rings is 2. The molecule has 3 aromatic rings. The van der Waals surface area contributed by atoms with Crippen molar-refractivity contribution in [3.8, 4) is 5.75 Å². The van der Waals surface area contributed by atoms with Crippen LogP contribution in [0, 0.1) is 13.8 Å². The quantitative estimate of drug-likeness (QED) is 0.329. The summed E-state index contributed by atoms with van der Waals surface area (Å²) in [7, 11) is 0. The summed E-state index contributed by atoms with van der Waals surface area (Å²) in [6, 6.07) is 16.6. The number of phenolic OH excluding ortho intramolecular Hbond substituents is 1. The zero-order chi connectivity index (χ0) is 27.8. The zero-order valence-electron chi connectivity index (χ0n) is 22.5. The van der Waals surface area contributed by atoms with Gasteiger partial charge >= 0.3 is 0 Å². The Labute approximate surface area is 229 Å². The standard InChI is InChI=1S/C31H36N4O4/c1-21-13-14-22(2)26(20-21)35(29(38)12-7-11-28(37)34-27-10-5-6-19-32-27)30(23-15-17-25(36)18-16-23)31(39)33-24-8-3-4-9-24/h5-6,10,13-20,24,30,36H,3-4,7-9,11-12H2,1-2H3,(H,33,39)(H,32,34,37). The SMILES string of the molecule is Cc1ccc(C)c(N(C(=O)CCCC(=O)Nc2ccccn2)C(C(=O)NC2CCCC2)c2ccc(O)cc2)c1. The van der Waals surface area contributed by atoms with Crippen LogP contribution >= 0.6 is 0 Å². The first-order valence-corrected chi connectivity index (χ1v) is 13.5. The Kier molecular flexibility index (Phi) is 9.31. The van der Waals surface area contributed by atoms with Crippen molar-refractivity contribution in [2.75, 3.05) is 10.2 Å². The lowest BCUT2D eigenvalue weighted by Gasteiger charge is -2.33. The van der Waals surface area contributed by atoms with Crippen LogP contribution in [0.15, 0.2) is 66.9 Å². The number of aromatic nitrogens is 1. The van der Waals surface area contributed by atoms with Gasteiger partial charge < -0.3 is 15.7 Å². The number of carbonyl (C=O) groups excluding carboxylic acids is 3. The predicted octanol–water partition coefficient (Wildman–Crippen LogP) is 5.35. The summed E-state index contributed by atoms with van der Waals surface area (Å²) >= 11 is 0. The summed E-state index contributed by atoms with van der Waals surface area (Å²) in [5.74, 6) is -0.198.